The Hall–Kier alpha value is -1.59. The maximum absolute atomic E-state index is 12.6. The summed E-state index contributed by atoms with van der Waals surface area (Å²) in [5.41, 5.74) is 4.59. The van der Waals surface area contributed by atoms with Crippen molar-refractivity contribution in [1.82, 2.24) is 5.32 Å². The van der Waals surface area contributed by atoms with E-state index in [1.807, 2.05) is 0 Å². The number of amides is 2. The fraction of sp³-hybridized carbons (Fsp3) is 0.800. The van der Waals surface area contributed by atoms with Crippen LogP contribution in [0.3, 0.4) is 0 Å². The highest BCUT2D eigenvalue weighted by Gasteiger charge is 2.42. The third-order valence-electron chi connectivity index (χ3n) is 4.12. The molecule has 0 unspecified atom stereocenters. The van der Waals surface area contributed by atoms with Crippen LogP contribution in [0.15, 0.2) is 0 Å². The largest absolute Gasteiger partial charge is 0.480 e. The molecule has 0 aromatic carbocycles. The highest BCUT2D eigenvalue weighted by atomic mass is 16.4. The van der Waals surface area contributed by atoms with Crippen LogP contribution < -0.4 is 11.1 Å². The van der Waals surface area contributed by atoms with Gasteiger partial charge in [0.05, 0.1) is 0 Å². The molecule has 0 spiro atoms. The predicted octanol–water partition coefficient (Wildman–Crippen LogP) is 1.43. The van der Waals surface area contributed by atoms with E-state index in [1.54, 1.807) is 0 Å². The van der Waals surface area contributed by atoms with Gasteiger partial charge in [-0.2, -0.15) is 0 Å². The quantitative estimate of drug-likeness (QED) is 0.629. The first kappa shape index (κ1) is 17.5. The Balaban J connectivity index is 2.73. The molecule has 1 aliphatic rings. The lowest BCUT2D eigenvalue weighted by Crippen LogP contribution is -2.48. The summed E-state index contributed by atoms with van der Waals surface area (Å²) in [6, 6.07) is -1.05. The number of carbonyl (C=O) groups is 3. The van der Waals surface area contributed by atoms with E-state index in [0.717, 1.165) is 32.1 Å². The minimum Gasteiger partial charge on any atom is -0.480 e. The van der Waals surface area contributed by atoms with Crippen LogP contribution >= 0.6 is 0 Å². The van der Waals surface area contributed by atoms with Crippen LogP contribution in [0.1, 0.15) is 58.8 Å². The lowest BCUT2D eigenvalue weighted by molar-refractivity contribution is -0.144. The first-order valence-corrected chi connectivity index (χ1v) is 7.59. The normalized spacial score (nSPS) is 18.4. The summed E-state index contributed by atoms with van der Waals surface area (Å²) in [6.07, 6.45) is 4.36. The van der Waals surface area contributed by atoms with Crippen LogP contribution in [0.25, 0.3) is 0 Å². The van der Waals surface area contributed by atoms with Crippen LogP contribution in [-0.2, 0) is 14.4 Å². The molecule has 0 heterocycles. The van der Waals surface area contributed by atoms with Gasteiger partial charge in [0.2, 0.25) is 11.8 Å². The van der Waals surface area contributed by atoms with Gasteiger partial charge in [0.1, 0.15) is 6.04 Å². The van der Waals surface area contributed by atoms with E-state index in [9.17, 15) is 19.5 Å². The zero-order valence-corrected chi connectivity index (χ0v) is 12.9. The highest BCUT2D eigenvalue weighted by molar-refractivity contribution is 5.88. The standard InChI is InChI=1S/C15H26N2O4/c1-10(2)9-15(7-3-4-8-15)14(21)17-11(13(19)20)5-6-12(16)18/h10-11H,3-9H2,1-2H3,(H2,16,18)(H,17,21)(H,19,20)/t11-/m0/s1. The molecule has 4 N–H and O–H groups in total. The lowest BCUT2D eigenvalue weighted by Gasteiger charge is -2.31. The van der Waals surface area contributed by atoms with Crippen molar-refractivity contribution in [2.45, 2.75) is 64.8 Å². The number of rotatable bonds is 8. The number of hydrogen-bond acceptors (Lipinski definition) is 3. The van der Waals surface area contributed by atoms with Gasteiger partial charge in [0, 0.05) is 11.8 Å². The molecule has 120 valence electrons. The molecule has 1 aliphatic carbocycles. The molecule has 0 aliphatic heterocycles. The van der Waals surface area contributed by atoms with E-state index >= 15 is 0 Å². The van der Waals surface area contributed by atoms with Gasteiger partial charge in [0.15, 0.2) is 0 Å². The van der Waals surface area contributed by atoms with E-state index in [2.05, 4.69) is 19.2 Å². The van der Waals surface area contributed by atoms with Crippen LogP contribution in [0.2, 0.25) is 0 Å². The Morgan fingerprint density at radius 3 is 2.24 bits per heavy atom. The molecule has 0 bridgehead atoms. The molecule has 0 aromatic rings. The summed E-state index contributed by atoms with van der Waals surface area (Å²) in [5.74, 6) is -1.50. The molecule has 1 saturated carbocycles. The van der Waals surface area contributed by atoms with Crippen molar-refractivity contribution >= 4 is 17.8 Å². The third kappa shape index (κ3) is 5.02. The van der Waals surface area contributed by atoms with Gasteiger partial charge in [-0.15, -0.1) is 0 Å². The minimum atomic E-state index is -1.12. The fourth-order valence-electron chi connectivity index (χ4n) is 3.21. The summed E-state index contributed by atoms with van der Waals surface area (Å²) < 4.78 is 0. The average Bonchev–Trinajstić information content (AvgIpc) is 2.82. The first-order chi connectivity index (χ1) is 9.77. The van der Waals surface area contributed by atoms with Gasteiger partial charge in [-0.1, -0.05) is 26.7 Å². The SMILES string of the molecule is CC(C)CC1(C(=O)N[C@@H](CCC(N)=O)C(=O)O)CCCC1. The summed E-state index contributed by atoms with van der Waals surface area (Å²) in [4.78, 5) is 34.6. The highest BCUT2D eigenvalue weighted by Crippen LogP contribution is 2.43. The molecule has 6 heteroatoms. The Bertz CT molecular complexity index is 400. The topological polar surface area (TPSA) is 109 Å². The number of aliphatic carboxylic acids is 1. The maximum Gasteiger partial charge on any atom is 0.326 e. The van der Waals surface area contributed by atoms with Crippen molar-refractivity contribution in [3.8, 4) is 0 Å². The Morgan fingerprint density at radius 1 is 1.24 bits per heavy atom. The second kappa shape index (κ2) is 7.43. The van der Waals surface area contributed by atoms with E-state index in [4.69, 9.17) is 5.73 Å². The monoisotopic (exact) mass is 298 g/mol. The predicted molar refractivity (Wildman–Crippen MR) is 78.4 cm³/mol. The maximum atomic E-state index is 12.6. The Kier molecular flexibility index (Phi) is 6.18. The van der Waals surface area contributed by atoms with Gasteiger partial charge < -0.3 is 16.2 Å². The fourth-order valence-corrected chi connectivity index (χ4v) is 3.21. The number of primary amides is 1. The molecule has 0 aromatic heterocycles. The molecule has 1 fully saturated rings. The van der Waals surface area contributed by atoms with Gasteiger partial charge >= 0.3 is 5.97 Å². The second-order valence-electron chi connectivity index (χ2n) is 6.45. The van der Waals surface area contributed by atoms with Crippen LogP contribution in [0, 0.1) is 11.3 Å². The molecular weight excluding hydrogens is 272 g/mol. The van der Waals surface area contributed by atoms with Gasteiger partial charge in [-0.25, -0.2) is 4.79 Å². The van der Waals surface area contributed by atoms with E-state index in [0.29, 0.717) is 5.92 Å². The molecule has 0 saturated heterocycles. The van der Waals surface area contributed by atoms with Crippen LogP contribution in [0.4, 0.5) is 0 Å². The van der Waals surface area contributed by atoms with E-state index in [1.165, 1.54) is 0 Å². The number of nitrogens with two attached hydrogens (primary N) is 1. The number of carboxylic acids is 1. The molecule has 1 atom stereocenters. The summed E-state index contributed by atoms with van der Waals surface area (Å²) >= 11 is 0. The third-order valence-corrected chi connectivity index (χ3v) is 4.12. The smallest absolute Gasteiger partial charge is 0.326 e. The van der Waals surface area contributed by atoms with Gasteiger partial charge in [0.25, 0.3) is 0 Å². The number of carbonyl (C=O) groups excluding carboxylic acids is 2. The lowest BCUT2D eigenvalue weighted by atomic mass is 9.77. The summed E-state index contributed by atoms with van der Waals surface area (Å²) in [5, 5.41) is 11.8. The minimum absolute atomic E-state index is 0.0359. The van der Waals surface area contributed by atoms with Crippen molar-refractivity contribution in [3.63, 3.8) is 0 Å². The van der Waals surface area contributed by atoms with Crippen molar-refractivity contribution in [2.75, 3.05) is 0 Å². The first-order valence-electron chi connectivity index (χ1n) is 7.59. The van der Waals surface area contributed by atoms with Gasteiger partial charge in [-0.3, -0.25) is 9.59 Å². The molecule has 21 heavy (non-hydrogen) atoms. The number of hydrogen-bond donors (Lipinski definition) is 3. The summed E-state index contributed by atoms with van der Waals surface area (Å²) in [6.45, 7) is 4.13. The van der Waals surface area contributed by atoms with E-state index < -0.39 is 23.3 Å². The molecular formula is C15H26N2O4. The average molecular weight is 298 g/mol. The van der Waals surface area contributed by atoms with Crippen LogP contribution in [-0.4, -0.2) is 28.9 Å². The Labute approximate surface area is 125 Å². The number of nitrogens with one attached hydrogen (secondary N) is 1. The molecule has 2 amide bonds. The zero-order valence-electron chi connectivity index (χ0n) is 12.9. The van der Waals surface area contributed by atoms with Crippen molar-refractivity contribution in [2.24, 2.45) is 17.1 Å². The van der Waals surface area contributed by atoms with E-state index in [-0.39, 0.29) is 18.7 Å². The molecule has 0 radical (unpaired) electrons. The van der Waals surface area contributed by atoms with Crippen molar-refractivity contribution < 1.29 is 19.5 Å². The van der Waals surface area contributed by atoms with Crippen LogP contribution in [0.5, 0.6) is 0 Å². The molecule has 6 nitrogen and oxygen atoms in total. The van der Waals surface area contributed by atoms with Gasteiger partial charge in [-0.05, 0) is 31.6 Å². The summed E-state index contributed by atoms with van der Waals surface area (Å²) in [7, 11) is 0. The van der Waals surface area contributed by atoms with Crippen molar-refractivity contribution in [1.29, 1.82) is 0 Å². The Morgan fingerprint density at radius 2 is 1.81 bits per heavy atom. The van der Waals surface area contributed by atoms with Crippen molar-refractivity contribution in [3.05, 3.63) is 0 Å². The number of carboxylic acid groups (broad SMARTS) is 1. The molecule has 1 rings (SSSR count). The second-order valence-corrected chi connectivity index (χ2v) is 6.45. The zero-order chi connectivity index (χ0) is 16.0.